The van der Waals surface area contributed by atoms with E-state index in [2.05, 4.69) is 20.1 Å². The minimum atomic E-state index is -0.342. The molecule has 6 heteroatoms. The van der Waals surface area contributed by atoms with E-state index in [1.54, 1.807) is 0 Å². The topological polar surface area (TPSA) is 71.1 Å². The molecular weight excluding hydrogens is 312 g/mol. The highest BCUT2D eigenvalue weighted by molar-refractivity contribution is 5.81. The van der Waals surface area contributed by atoms with Gasteiger partial charge < -0.3 is 18.9 Å². The van der Waals surface area contributed by atoms with E-state index in [1.807, 2.05) is 0 Å². The lowest BCUT2D eigenvalue weighted by atomic mass is 9.80. The van der Waals surface area contributed by atoms with Gasteiger partial charge in [0.05, 0.1) is 39.6 Å². The molecule has 136 valence electrons. The standard InChI is InChI=1S/C10H16O3.C8H12O3/c1-3-9(11)13-6-5-10(4-2)7-12-8-10;1-2-8(9)11-4-3-7-5-10-6-7/h3H,1,4-8H2,2H3;2,7H,1,3-6H2. The molecule has 0 bridgehead atoms. The van der Waals surface area contributed by atoms with Crippen molar-refractivity contribution in [1.29, 1.82) is 0 Å². The van der Waals surface area contributed by atoms with Crippen LogP contribution in [0.3, 0.4) is 0 Å². The third kappa shape index (κ3) is 7.27. The highest BCUT2D eigenvalue weighted by Crippen LogP contribution is 2.34. The lowest BCUT2D eigenvalue weighted by Gasteiger charge is -2.40. The first-order chi connectivity index (χ1) is 11.5. The molecule has 0 radical (unpaired) electrons. The van der Waals surface area contributed by atoms with Crippen LogP contribution < -0.4 is 0 Å². The number of hydrogen-bond donors (Lipinski definition) is 0. The summed E-state index contributed by atoms with van der Waals surface area (Å²) in [5.41, 5.74) is 0.265. The molecular formula is C18H28O6. The third-order valence-corrected chi connectivity index (χ3v) is 4.25. The van der Waals surface area contributed by atoms with Crippen molar-refractivity contribution in [2.45, 2.75) is 26.2 Å². The Morgan fingerprint density at radius 1 is 1.08 bits per heavy atom. The molecule has 0 aromatic carbocycles. The summed E-state index contributed by atoms with van der Waals surface area (Å²) >= 11 is 0. The van der Waals surface area contributed by atoms with Crippen molar-refractivity contribution >= 4 is 11.9 Å². The van der Waals surface area contributed by atoms with Gasteiger partial charge in [-0.3, -0.25) is 0 Å². The lowest BCUT2D eigenvalue weighted by molar-refractivity contribution is -0.147. The van der Waals surface area contributed by atoms with Crippen molar-refractivity contribution in [2.24, 2.45) is 11.3 Å². The first-order valence-electron chi connectivity index (χ1n) is 8.29. The molecule has 2 fully saturated rings. The molecule has 0 aromatic rings. The van der Waals surface area contributed by atoms with Crippen LogP contribution in [0.1, 0.15) is 26.2 Å². The van der Waals surface area contributed by atoms with Crippen molar-refractivity contribution in [2.75, 3.05) is 39.6 Å². The summed E-state index contributed by atoms with van der Waals surface area (Å²) in [6, 6.07) is 0. The van der Waals surface area contributed by atoms with Crippen LogP contribution in [0.15, 0.2) is 25.3 Å². The van der Waals surface area contributed by atoms with Crippen LogP contribution >= 0.6 is 0 Å². The minimum absolute atomic E-state index is 0.265. The summed E-state index contributed by atoms with van der Waals surface area (Å²) in [5.74, 6) is -0.0932. The monoisotopic (exact) mass is 340 g/mol. The largest absolute Gasteiger partial charge is 0.463 e. The van der Waals surface area contributed by atoms with Crippen LogP contribution in [-0.4, -0.2) is 51.6 Å². The van der Waals surface area contributed by atoms with Gasteiger partial charge in [0, 0.05) is 23.5 Å². The number of ether oxygens (including phenoxy) is 4. The number of hydrogen-bond acceptors (Lipinski definition) is 6. The average molecular weight is 340 g/mol. The first-order valence-corrected chi connectivity index (χ1v) is 8.29. The fourth-order valence-electron chi connectivity index (χ4n) is 2.18. The predicted octanol–water partition coefficient (Wildman–Crippen LogP) is 2.28. The van der Waals surface area contributed by atoms with Crippen molar-refractivity contribution in [3.05, 3.63) is 25.3 Å². The van der Waals surface area contributed by atoms with Gasteiger partial charge in [-0.2, -0.15) is 0 Å². The minimum Gasteiger partial charge on any atom is -0.463 e. The molecule has 2 saturated heterocycles. The van der Waals surface area contributed by atoms with Crippen molar-refractivity contribution < 1.29 is 28.5 Å². The summed E-state index contributed by atoms with van der Waals surface area (Å²) < 4.78 is 19.8. The van der Waals surface area contributed by atoms with Gasteiger partial charge in [0.2, 0.25) is 0 Å². The number of esters is 2. The molecule has 0 aliphatic carbocycles. The van der Waals surface area contributed by atoms with E-state index in [9.17, 15) is 9.59 Å². The molecule has 0 atom stereocenters. The summed E-state index contributed by atoms with van der Waals surface area (Å²) in [5, 5.41) is 0. The van der Waals surface area contributed by atoms with E-state index in [4.69, 9.17) is 18.9 Å². The van der Waals surface area contributed by atoms with Crippen molar-refractivity contribution in [1.82, 2.24) is 0 Å². The fourth-order valence-corrected chi connectivity index (χ4v) is 2.18. The van der Waals surface area contributed by atoms with Gasteiger partial charge in [-0.1, -0.05) is 20.1 Å². The summed E-state index contributed by atoms with van der Waals surface area (Å²) in [6.07, 6.45) is 5.24. The van der Waals surface area contributed by atoms with E-state index in [0.717, 1.165) is 45.7 Å². The van der Waals surface area contributed by atoms with E-state index < -0.39 is 0 Å². The molecule has 2 aliphatic heterocycles. The Labute approximate surface area is 143 Å². The maximum atomic E-state index is 10.7. The van der Waals surface area contributed by atoms with Gasteiger partial charge in [-0.05, 0) is 19.3 Å². The SMILES string of the molecule is C=CC(=O)OCCC1(CC)COC1.C=CC(=O)OCCC1COC1. The number of carbonyl (C=O) groups excluding carboxylic acids is 2. The maximum absolute atomic E-state index is 10.7. The molecule has 2 rings (SSSR count). The molecule has 0 N–H and O–H groups in total. The lowest BCUT2D eigenvalue weighted by Crippen LogP contribution is -2.42. The number of carbonyl (C=O) groups is 2. The summed E-state index contributed by atoms with van der Waals surface area (Å²) in [4.78, 5) is 21.2. The van der Waals surface area contributed by atoms with E-state index in [-0.39, 0.29) is 17.4 Å². The Kier molecular flexibility index (Phi) is 9.34. The van der Waals surface area contributed by atoms with Gasteiger partial charge in [-0.25, -0.2) is 9.59 Å². The van der Waals surface area contributed by atoms with Crippen LogP contribution in [-0.2, 0) is 28.5 Å². The molecule has 0 amide bonds. The van der Waals surface area contributed by atoms with Crippen molar-refractivity contribution in [3.63, 3.8) is 0 Å². The fraction of sp³-hybridized carbons (Fsp3) is 0.667. The van der Waals surface area contributed by atoms with Crippen LogP contribution in [0, 0.1) is 11.3 Å². The Morgan fingerprint density at radius 2 is 1.67 bits per heavy atom. The first kappa shape index (κ1) is 20.4. The Balaban J connectivity index is 0.000000243. The summed E-state index contributed by atoms with van der Waals surface area (Å²) in [6.45, 7) is 12.9. The van der Waals surface area contributed by atoms with Gasteiger partial charge >= 0.3 is 11.9 Å². The predicted molar refractivity (Wildman–Crippen MR) is 89.4 cm³/mol. The second-order valence-corrected chi connectivity index (χ2v) is 6.03. The molecule has 0 aromatic heterocycles. The maximum Gasteiger partial charge on any atom is 0.330 e. The highest BCUT2D eigenvalue weighted by Gasteiger charge is 2.36. The van der Waals surface area contributed by atoms with Gasteiger partial charge in [-0.15, -0.1) is 0 Å². The smallest absolute Gasteiger partial charge is 0.330 e. The molecule has 0 spiro atoms. The zero-order chi connectivity index (χ0) is 17.8. The zero-order valence-electron chi connectivity index (χ0n) is 14.5. The normalized spacial score (nSPS) is 18.0. The Bertz CT molecular complexity index is 418. The Hall–Kier alpha value is -1.66. The quantitative estimate of drug-likeness (QED) is 0.474. The third-order valence-electron chi connectivity index (χ3n) is 4.25. The summed E-state index contributed by atoms with van der Waals surface area (Å²) in [7, 11) is 0. The van der Waals surface area contributed by atoms with Crippen LogP contribution in [0.25, 0.3) is 0 Å². The second-order valence-electron chi connectivity index (χ2n) is 6.03. The second kappa shape index (κ2) is 11.0. The van der Waals surface area contributed by atoms with Crippen LogP contribution in [0.4, 0.5) is 0 Å². The van der Waals surface area contributed by atoms with E-state index >= 15 is 0 Å². The van der Waals surface area contributed by atoms with E-state index in [1.165, 1.54) is 12.2 Å². The average Bonchev–Trinajstić information content (AvgIpc) is 2.52. The van der Waals surface area contributed by atoms with Gasteiger partial charge in [0.25, 0.3) is 0 Å². The van der Waals surface area contributed by atoms with Crippen molar-refractivity contribution in [3.8, 4) is 0 Å². The van der Waals surface area contributed by atoms with Crippen LogP contribution in [0.2, 0.25) is 0 Å². The molecule has 0 unspecified atom stereocenters. The molecule has 0 saturated carbocycles. The van der Waals surface area contributed by atoms with Crippen LogP contribution in [0.5, 0.6) is 0 Å². The van der Waals surface area contributed by atoms with Gasteiger partial charge in [0.1, 0.15) is 0 Å². The molecule has 2 heterocycles. The Morgan fingerprint density at radius 3 is 2.04 bits per heavy atom. The molecule has 2 aliphatic rings. The van der Waals surface area contributed by atoms with E-state index in [0.29, 0.717) is 19.1 Å². The zero-order valence-corrected chi connectivity index (χ0v) is 14.5. The molecule has 6 nitrogen and oxygen atoms in total. The molecule has 24 heavy (non-hydrogen) atoms. The van der Waals surface area contributed by atoms with Gasteiger partial charge in [0.15, 0.2) is 0 Å². The number of rotatable bonds is 9. The highest BCUT2D eigenvalue weighted by atomic mass is 16.5.